The van der Waals surface area contributed by atoms with Crippen LogP contribution in [0.5, 0.6) is 0 Å². The number of carbonyl (C=O) groups is 2. The number of nitrogens with one attached hydrogen (secondary N) is 1. The number of amides is 2. The predicted octanol–water partition coefficient (Wildman–Crippen LogP) is 0.226. The predicted molar refractivity (Wildman–Crippen MR) is 82.3 cm³/mol. The Hall–Kier alpha value is -1.14. The number of likely N-dealkylation sites (tertiary alicyclic amines) is 2. The molecule has 3 aliphatic heterocycles. The van der Waals surface area contributed by atoms with Crippen LogP contribution in [0.3, 0.4) is 0 Å². The van der Waals surface area contributed by atoms with Crippen LogP contribution >= 0.6 is 0 Å². The summed E-state index contributed by atoms with van der Waals surface area (Å²) in [5.41, 5.74) is 0. The van der Waals surface area contributed by atoms with Crippen molar-refractivity contribution in [2.24, 2.45) is 5.92 Å². The van der Waals surface area contributed by atoms with E-state index in [1.807, 2.05) is 0 Å². The quantitative estimate of drug-likeness (QED) is 0.789. The average Bonchev–Trinajstić information content (AvgIpc) is 3.17. The van der Waals surface area contributed by atoms with Crippen LogP contribution in [0.15, 0.2) is 0 Å². The zero-order valence-electron chi connectivity index (χ0n) is 13.3. The number of carbonyl (C=O) groups excluding carboxylic acids is 2. The summed E-state index contributed by atoms with van der Waals surface area (Å²) < 4.78 is 5.31. The Morgan fingerprint density at radius 1 is 1.23 bits per heavy atom. The molecule has 1 unspecified atom stereocenters. The van der Waals surface area contributed by atoms with Gasteiger partial charge in [-0.1, -0.05) is 0 Å². The van der Waals surface area contributed by atoms with Gasteiger partial charge in [0.1, 0.15) is 0 Å². The highest BCUT2D eigenvalue weighted by molar-refractivity contribution is 5.78. The van der Waals surface area contributed by atoms with Gasteiger partial charge in [-0.05, 0) is 25.7 Å². The lowest BCUT2D eigenvalue weighted by Crippen LogP contribution is -2.48. The first-order valence-corrected chi connectivity index (χ1v) is 8.58. The third-order valence-corrected chi connectivity index (χ3v) is 5.09. The summed E-state index contributed by atoms with van der Waals surface area (Å²) in [5, 5.41) is 3.02. The summed E-state index contributed by atoms with van der Waals surface area (Å²) in [6, 6.07) is 0.393. The smallest absolute Gasteiger partial charge is 0.234 e. The molecule has 3 fully saturated rings. The minimum atomic E-state index is 0.114. The summed E-state index contributed by atoms with van der Waals surface area (Å²) in [5.74, 6) is 0.911. The Morgan fingerprint density at radius 2 is 2.05 bits per heavy atom. The summed E-state index contributed by atoms with van der Waals surface area (Å²) >= 11 is 0. The molecule has 2 amide bonds. The Kier molecular flexibility index (Phi) is 5.31. The molecular weight excluding hydrogens is 282 g/mol. The van der Waals surface area contributed by atoms with E-state index >= 15 is 0 Å². The molecule has 0 aromatic carbocycles. The van der Waals surface area contributed by atoms with Gasteiger partial charge in [-0.2, -0.15) is 0 Å². The molecule has 0 aromatic rings. The average molecular weight is 309 g/mol. The van der Waals surface area contributed by atoms with Gasteiger partial charge in [0.2, 0.25) is 11.8 Å². The number of hydrogen-bond donors (Lipinski definition) is 1. The molecule has 3 heterocycles. The minimum absolute atomic E-state index is 0.114. The molecule has 3 rings (SSSR count). The third-order valence-electron chi connectivity index (χ3n) is 5.09. The topological polar surface area (TPSA) is 61.9 Å². The zero-order valence-corrected chi connectivity index (χ0v) is 13.3. The third kappa shape index (κ3) is 3.98. The monoisotopic (exact) mass is 309 g/mol. The Balaban J connectivity index is 1.34. The van der Waals surface area contributed by atoms with Gasteiger partial charge in [0.05, 0.1) is 13.2 Å². The van der Waals surface area contributed by atoms with Crippen molar-refractivity contribution < 1.29 is 14.3 Å². The summed E-state index contributed by atoms with van der Waals surface area (Å²) in [4.78, 5) is 28.0. The van der Waals surface area contributed by atoms with Crippen molar-refractivity contribution in [3.8, 4) is 0 Å². The first-order valence-electron chi connectivity index (χ1n) is 8.58. The van der Waals surface area contributed by atoms with Crippen LogP contribution in [-0.2, 0) is 14.3 Å². The molecule has 0 aliphatic carbocycles. The number of ether oxygens (including phenoxy) is 1. The van der Waals surface area contributed by atoms with Gasteiger partial charge in [-0.15, -0.1) is 0 Å². The van der Waals surface area contributed by atoms with Crippen molar-refractivity contribution >= 4 is 11.8 Å². The number of rotatable bonds is 5. The molecule has 0 bridgehead atoms. The van der Waals surface area contributed by atoms with Gasteiger partial charge < -0.3 is 15.0 Å². The fraction of sp³-hybridized carbons (Fsp3) is 0.875. The molecule has 1 N–H and O–H groups in total. The molecule has 3 aliphatic rings. The van der Waals surface area contributed by atoms with Gasteiger partial charge in [0, 0.05) is 51.2 Å². The fourth-order valence-electron chi connectivity index (χ4n) is 3.71. The van der Waals surface area contributed by atoms with Crippen molar-refractivity contribution in [3.05, 3.63) is 0 Å². The lowest BCUT2D eigenvalue weighted by Gasteiger charge is -2.36. The molecule has 0 radical (unpaired) electrons. The maximum absolute atomic E-state index is 12.0. The van der Waals surface area contributed by atoms with Gasteiger partial charge in [-0.25, -0.2) is 0 Å². The van der Waals surface area contributed by atoms with E-state index in [4.69, 9.17) is 4.74 Å². The van der Waals surface area contributed by atoms with Crippen LogP contribution in [0, 0.1) is 5.92 Å². The van der Waals surface area contributed by atoms with E-state index in [0.717, 1.165) is 65.1 Å². The van der Waals surface area contributed by atoms with E-state index in [0.29, 0.717) is 30.8 Å². The molecular formula is C16H27N3O3. The number of hydrogen-bond acceptors (Lipinski definition) is 4. The van der Waals surface area contributed by atoms with E-state index in [1.54, 1.807) is 0 Å². The highest BCUT2D eigenvalue weighted by atomic mass is 16.5. The first kappa shape index (κ1) is 15.7. The summed E-state index contributed by atoms with van der Waals surface area (Å²) in [6.07, 6.45) is 4.76. The Morgan fingerprint density at radius 3 is 2.68 bits per heavy atom. The largest absolute Gasteiger partial charge is 0.381 e. The van der Waals surface area contributed by atoms with Crippen LogP contribution in [0.2, 0.25) is 0 Å². The molecule has 0 saturated carbocycles. The standard InChI is InChI=1S/C16H27N3O3/c20-15(17-10-13-5-9-22-12-13)11-18-7-3-14(4-8-18)19-6-1-2-16(19)21/h13-14H,1-12H2,(H,17,20). The molecule has 6 heteroatoms. The lowest BCUT2D eigenvalue weighted by atomic mass is 10.0. The molecule has 1 atom stereocenters. The van der Waals surface area contributed by atoms with Crippen LogP contribution < -0.4 is 5.32 Å². The minimum Gasteiger partial charge on any atom is -0.381 e. The van der Waals surface area contributed by atoms with Crippen molar-refractivity contribution in [3.63, 3.8) is 0 Å². The van der Waals surface area contributed by atoms with Crippen LogP contribution in [-0.4, -0.2) is 73.6 Å². The van der Waals surface area contributed by atoms with Crippen molar-refractivity contribution in [1.82, 2.24) is 15.1 Å². The van der Waals surface area contributed by atoms with E-state index in [9.17, 15) is 9.59 Å². The van der Waals surface area contributed by atoms with E-state index in [1.165, 1.54) is 0 Å². The lowest BCUT2D eigenvalue weighted by molar-refractivity contribution is -0.131. The van der Waals surface area contributed by atoms with Crippen LogP contribution in [0.25, 0.3) is 0 Å². The maximum Gasteiger partial charge on any atom is 0.234 e. The second-order valence-electron chi connectivity index (χ2n) is 6.73. The zero-order chi connectivity index (χ0) is 15.4. The fourth-order valence-corrected chi connectivity index (χ4v) is 3.71. The summed E-state index contributed by atoms with van der Waals surface area (Å²) in [7, 11) is 0. The van der Waals surface area contributed by atoms with Crippen LogP contribution in [0.1, 0.15) is 32.1 Å². The highest BCUT2D eigenvalue weighted by Gasteiger charge is 2.31. The molecule has 3 saturated heterocycles. The molecule has 0 spiro atoms. The van der Waals surface area contributed by atoms with Gasteiger partial charge in [0.15, 0.2) is 0 Å². The second kappa shape index (κ2) is 7.42. The molecule has 0 aromatic heterocycles. The van der Waals surface area contributed by atoms with Gasteiger partial charge in [-0.3, -0.25) is 14.5 Å². The molecule has 124 valence electrons. The maximum atomic E-state index is 12.0. The molecule has 22 heavy (non-hydrogen) atoms. The van der Waals surface area contributed by atoms with Crippen molar-refractivity contribution in [2.45, 2.75) is 38.1 Å². The van der Waals surface area contributed by atoms with E-state index < -0.39 is 0 Å². The molecule has 6 nitrogen and oxygen atoms in total. The Bertz CT molecular complexity index is 401. The first-order chi connectivity index (χ1) is 10.7. The van der Waals surface area contributed by atoms with E-state index in [-0.39, 0.29) is 5.91 Å². The van der Waals surface area contributed by atoms with Crippen molar-refractivity contribution in [1.29, 1.82) is 0 Å². The van der Waals surface area contributed by atoms with Crippen molar-refractivity contribution in [2.75, 3.05) is 45.9 Å². The summed E-state index contributed by atoms with van der Waals surface area (Å²) in [6.45, 7) is 5.56. The highest BCUT2D eigenvalue weighted by Crippen LogP contribution is 2.21. The normalized spacial score (nSPS) is 27.5. The number of piperidine rings is 1. The number of nitrogens with zero attached hydrogens (tertiary/aromatic N) is 2. The van der Waals surface area contributed by atoms with Gasteiger partial charge in [0.25, 0.3) is 0 Å². The SMILES string of the molecule is O=C(CN1CCC(N2CCCC2=O)CC1)NCC1CCOC1. The second-order valence-corrected chi connectivity index (χ2v) is 6.73. The van der Waals surface area contributed by atoms with E-state index in [2.05, 4.69) is 15.1 Å². The van der Waals surface area contributed by atoms with Gasteiger partial charge >= 0.3 is 0 Å². The van der Waals surface area contributed by atoms with Crippen LogP contribution in [0.4, 0.5) is 0 Å². The Labute approximate surface area is 132 Å².